The van der Waals surface area contributed by atoms with Crippen molar-refractivity contribution >= 4 is 30.6 Å². The van der Waals surface area contributed by atoms with Gasteiger partial charge in [-0.2, -0.15) is 0 Å². The highest BCUT2D eigenvalue weighted by Crippen LogP contribution is 2.30. The van der Waals surface area contributed by atoms with Crippen LogP contribution in [0.15, 0.2) is 12.1 Å². The van der Waals surface area contributed by atoms with E-state index in [4.69, 9.17) is 4.98 Å². The molecule has 0 spiro atoms. The van der Waals surface area contributed by atoms with Crippen LogP contribution in [0.5, 0.6) is 0 Å². The molecule has 1 atom stereocenters. The summed E-state index contributed by atoms with van der Waals surface area (Å²) in [5.74, 6) is 2.40. The van der Waals surface area contributed by atoms with Crippen molar-refractivity contribution in [2.75, 3.05) is 31.1 Å². The molecule has 23 heavy (non-hydrogen) atoms. The predicted molar refractivity (Wildman–Crippen MR) is 104 cm³/mol. The summed E-state index contributed by atoms with van der Waals surface area (Å²) in [5, 5.41) is 3.58. The first-order chi connectivity index (χ1) is 10.3. The first-order valence-electron chi connectivity index (χ1n) is 8.71. The maximum absolute atomic E-state index is 5.13. The Morgan fingerprint density at radius 2 is 1.78 bits per heavy atom. The SMILES string of the molecule is CC(C)C1CNCCc2ccc(N3CCCCCC3)nc21.Cl.Cl. The van der Waals surface area contributed by atoms with Crippen molar-refractivity contribution in [1.29, 1.82) is 0 Å². The molecular formula is C18H31Cl2N3. The van der Waals surface area contributed by atoms with Crippen LogP contribution in [0.1, 0.15) is 56.7 Å². The van der Waals surface area contributed by atoms with Crippen LogP contribution in [0, 0.1) is 5.92 Å². The van der Waals surface area contributed by atoms with Gasteiger partial charge in [-0.1, -0.05) is 32.8 Å². The summed E-state index contributed by atoms with van der Waals surface area (Å²) >= 11 is 0. The molecule has 0 aliphatic carbocycles. The Morgan fingerprint density at radius 3 is 2.43 bits per heavy atom. The molecule has 1 aromatic heterocycles. The van der Waals surface area contributed by atoms with Crippen LogP contribution in [-0.4, -0.2) is 31.2 Å². The Hall–Kier alpha value is -0.510. The molecule has 3 heterocycles. The van der Waals surface area contributed by atoms with Crippen molar-refractivity contribution in [2.45, 2.75) is 51.9 Å². The summed E-state index contributed by atoms with van der Waals surface area (Å²) in [6.45, 7) is 9.15. The zero-order chi connectivity index (χ0) is 14.7. The molecule has 1 aromatic rings. The third-order valence-electron chi connectivity index (χ3n) is 5.02. The van der Waals surface area contributed by atoms with Gasteiger partial charge in [-0.25, -0.2) is 4.98 Å². The molecular weight excluding hydrogens is 329 g/mol. The lowest BCUT2D eigenvalue weighted by molar-refractivity contribution is 0.466. The summed E-state index contributed by atoms with van der Waals surface area (Å²) in [6.07, 6.45) is 6.49. The van der Waals surface area contributed by atoms with Gasteiger partial charge >= 0.3 is 0 Å². The second kappa shape index (κ2) is 9.71. The fourth-order valence-corrected chi connectivity index (χ4v) is 3.63. The molecule has 3 rings (SSSR count). The number of anilines is 1. The minimum Gasteiger partial charge on any atom is -0.357 e. The van der Waals surface area contributed by atoms with E-state index >= 15 is 0 Å². The summed E-state index contributed by atoms with van der Waals surface area (Å²) in [7, 11) is 0. The van der Waals surface area contributed by atoms with E-state index in [0.717, 1.165) is 19.5 Å². The van der Waals surface area contributed by atoms with E-state index in [1.807, 2.05) is 0 Å². The Kier molecular flexibility index (Phi) is 8.66. The van der Waals surface area contributed by atoms with Crippen molar-refractivity contribution in [3.05, 3.63) is 23.4 Å². The average Bonchev–Trinajstić information content (AvgIpc) is 2.87. The fourth-order valence-electron chi connectivity index (χ4n) is 3.63. The zero-order valence-corrected chi connectivity index (χ0v) is 16.0. The van der Waals surface area contributed by atoms with Crippen LogP contribution in [0.25, 0.3) is 0 Å². The van der Waals surface area contributed by atoms with Crippen LogP contribution in [0.4, 0.5) is 5.82 Å². The van der Waals surface area contributed by atoms with Crippen LogP contribution >= 0.6 is 24.8 Å². The molecule has 0 saturated carbocycles. The van der Waals surface area contributed by atoms with Crippen molar-refractivity contribution in [3.8, 4) is 0 Å². The van der Waals surface area contributed by atoms with E-state index < -0.39 is 0 Å². The lowest BCUT2D eigenvalue weighted by Crippen LogP contribution is -2.27. The van der Waals surface area contributed by atoms with Gasteiger partial charge in [0.2, 0.25) is 0 Å². The van der Waals surface area contributed by atoms with Gasteiger partial charge in [-0.15, -0.1) is 24.8 Å². The maximum atomic E-state index is 5.13. The Morgan fingerprint density at radius 1 is 1.09 bits per heavy atom. The fraction of sp³-hybridized carbons (Fsp3) is 0.722. The van der Waals surface area contributed by atoms with E-state index in [1.165, 1.54) is 55.8 Å². The van der Waals surface area contributed by atoms with Crippen LogP contribution in [-0.2, 0) is 6.42 Å². The molecule has 1 fully saturated rings. The molecule has 1 saturated heterocycles. The molecule has 132 valence electrons. The number of fused-ring (bicyclic) bond motifs is 1. The van der Waals surface area contributed by atoms with Crippen LogP contribution in [0.2, 0.25) is 0 Å². The lowest BCUT2D eigenvalue weighted by Gasteiger charge is -2.25. The van der Waals surface area contributed by atoms with Gasteiger partial charge in [0.15, 0.2) is 0 Å². The van der Waals surface area contributed by atoms with Gasteiger partial charge in [0.05, 0.1) is 5.69 Å². The van der Waals surface area contributed by atoms with Crippen molar-refractivity contribution in [3.63, 3.8) is 0 Å². The van der Waals surface area contributed by atoms with Gasteiger partial charge in [0.1, 0.15) is 5.82 Å². The van der Waals surface area contributed by atoms with Gasteiger partial charge in [-0.3, -0.25) is 0 Å². The molecule has 2 aliphatic rings. The quantitative estimate of drug-likeness (QED) is 0.857. The largest absolute Gasteiger partial charge is 0.357 e. The number of rotatable bonds is 2. The summed E-state index contributed by atoms with van der Waals surface area (Å²) in [5.41, 5.74) is 2.81. The van der Waals surface area contributed by atoms with Crippen LogP contribution < -0.4 is 10.2 Å². The molecule has 0 radical (unpaired) electrons. The average molecular weight is 360 g/mol. The third-order valence-corrected chi connectivity index (χ3v) is 5.02. The van der Waals surface area contributed by atoms with Crippen molar-refractivity contribution < 1.29 is 0 Å². The van der Waals surface area contributed by atoms with E-state index in [0.29, 0.717) is 11.8 Å². The van der Waals surface area contributed by atoms with E-state index in [9.17, 15) is 0 Å². The molecule has 2 aliphatic heterocycles. The number of nitrogens with one attached hydrogen (secondary N) is 1. The number of hydrogen-bond acceptors (Lipinski definition) is 3. The zero-order valence-electron chi connectivity index (χ0n) is 14.4. The Balaban J connectivity index is 0.00000132. The van der Waals surface area contributed by atoms with Gasteiger partial charge in [-0.05, 0) is 43.4 Å². The number of halogens is 2. The number of nitrogens with zero attached hydrogens (tertiary/aromatic N) is 2. The molecule has 1 N–H and O–H groups in total. The third kappa shape index (κ3) is 4.98. The highest BCUT2D eigenvalue weighted by molar-refractivity contribution is 5.85. The number of pyridine rings is 1. The first kappa shape index (κ1) is 20.5. The van der Waals surface area contributed by atoms with Crippen molar-refractivity contribution in [1.82, 2.24) is 10.3 Å². The molecule has 1 unspecified atom stereocenters. The highest BCUT2D eigenvalue weighted by Gasteiger charge is 2.24. The molecule has 5 heteroatoms. The number of aromatic nitrogens is 1. The predicted octanol–water partition coefficient (Wildman–Crippen LogP) is 4.19. The molecule has 0 aromatic carbocycles. The smallest absolute Gasteiger partial charge is 0.128 e. The lowest BCUT2D eigenvalue weighted by atomic mass is 9.89. The van der Waals surface area contributed by atoms with E-state index in [1.54, 1.807) is 0 Å². The van der Waals surface area contributed by atoms with E-state index in [2.05, 4.69) is 36.2 Å². The Labute approximate surface area is 153 Å². The second-order valence-corrected chi connectivity index (χ2v) is 6.92. The normalized spacial score (nSPS) is 21.5. The molecule has 0 bridgehead atoms. The highest BCUT2D eigenvalue weighted by atomic mass is 35.5. The Bertz CT molecular complexity index is 471. The maximum Gasteiger partial charge on any atom is 0.128 e. The molecule has 3 nitrogen and oxygen atoms in total. The number of hydrogen-bond donors (Lipinski definition) is 1. The first-order valence-corrected chi connectivity index (χ1v) is 8.71. The topological polar surface area (TPSA) is 28.2 Å². The second-order valence-electron chi connectivity index (χ2n) is 6.92. The van der Waals surface area contributed by atoms with Crippen LogP contribution in [0.3, 0.4) is 0 Å². The van der Waals surface area contributed by atoms with Crippen molar-refractivity contribution in [2.24, 2.45) is 5.92 Å². The van der Waals surface area contributed by atoms with Gasteiger partial charge < -0.3 is 10.2 Å². The van der Waals surface area contributed by atoms with Gasteiger partial charge in [0.25, 0.3) is 0 Å². The molecule has 0 amide bonds. The summed E-state index contributed by atoms with van der Waals surface area (Å²) in [4.78, 5) is 7.63. The standard InChI is InChI=1S/C18H29N3.2ClH/c1-14(2)16-13-19-10-9-15-7-8-17(20-18(15)16)21-11-5-3-4-6-12-21;;/h7-8,14,16,19H,3-6,9-13H2,1-2H3;2*1H. The summed E-state index contributed by atoms with van der Waals surface area (Å²) in [6, 6.07) is 4.60. The minimum atomic E-state index is 0. The van der Waals surface area contributed by atoms with E-state index in [-0.39, 0.29) is 24.8 Å². The summed E-state index contributed by atoms with van der Waals surface area (Å²) < 4.78 is 0. The van der Waals surface area contributed by atoms with Gasteiger partial charge in [0, 0.05) is 25.6 Å². The monoisotopic (exact) mass is 359 g/mol. The minimum absolute atomic E-state index is 0.